The first-order chi connectivity index (χ1) is 14.8. The van der Waals surface area contributed by atoms with E-state index in [1.54, 1.807) is 31.2 Å². The molecule has 162 valence electrons. The Balaban J connectivity index is 1.93. The monoisotopic (exact) mass is 425 g/mol. The highest BCUT2D eigenvalue weighted by molar-refractivity contribution is 6.04. The topological polar surface area (TPSA) is 87.7 Å². The molecular formula is C23H24FN3O4. The number of anilines is 1. The third-order valence-electron chi connectivity index (χ3n) is 5.01. The second-order valence-corrected chi connectivity index (χ2v) is 7.11. The van der Waals surface area contributed by atoms with Crippen molar-refractivity contribution in [2.75, 3.05) is 19.0 Å². The van der Waals surface area contributed by atoms with Crippen LogP contribution in [0.15, 0.2) is 59.8 Å². The van der Waals surface area contributed by atoms with E-state index in [2.05, 4.69) is 10.6 Å². The highest BCUT2D eigenvalue weighted by Gasteiger charge is 2.36. The summed E-state index contributed by atoms with van der Waals surface area (Å²) in [5.41, 5.74) is 2.07. The number of hydrogen-bond acceptors (Lipinski definition) is 4. The van der Waals surface area contributed by atoms with Crippen molar-refractivity contribution in [1.82, 2.24) is 10.2 Å². The number of rotatable bonds is 6. The summed E-state index contributed by atoms with van der Waals surface area (Å²) in [7, 11) is 1.29. The minimum atomic E-state index is -0.737. The SMILES string of the molecule is CCCN1C(=O)NC(c2cccc(NC(=O)c3cccc(F)c3)c2)C(C(=O)OC)=C1C. The Morgan fingerprint density at radius 3 is 2.61 bits per heavy atom. The van der Waals surface area contributed by atoms with Crippen LogP contribution in [0, 0.1) is 5.82 Å². The van der Waals surface area contributed by atoms with Crippen molar-refractivity contribution < 1.29 is 23.5 Å². The van der Waals surface area contributed by atoms with Crippen molar-refractivity contribution in [3.63, 3.8) is 0 Å². The fraction of sp³-hybridized carbons (Fsp3) is 0.261. The Hall–Kier alpha value is -3.68. The van der Waals surface area contributed by atoms with E-state index in [1.807, 2.05) is 6.92 Å². The maximum absolute atomic E-state index is 13.4. The van der Waals surface area contributed by atoms with Gasteiger partial charge in [0.25, 0.3) is 5.91 Å². The fourth-order valence-electron chi connectivity index (χ4n) is 3.53. The predicted molar refractivity (Wildman–Crippen MR) is 114 cm³/mol. The summed E-state index contributed by atoms with van der Waals surface area (Å²) in [6.45, 7) is 4.12. The number of nitrogens with one attached hydrogen (secondary N) is 2. The van der Waals surface area contributed by atoms with Crippen LogP contribution in [0.1, 0.15) is 42.2 Å². The number of halogens is 1. The lowest BCUT2D eigenvalue weighted by atomic mass is 9.94. The number of benzene rings is 2. The lowest BCUT2D eigenvalue weighted by Crippen LogP contribution is -2.48. The molecule has 1 aliphatic rings. The normalized spacial score (nSPS) is 16.1. The summed E-state index contributed by atoms with van der Waals surface area (Å²) < 4.78 is 18.4. The van der Waals surface area contributed by atoms with Gasteiger partial charge in [-0.1, -0.05) is 25.1 Å². The van der Waals surface area contributed by atoms with Gasteiger partial charge in [0, 0.05) is 23.5 Å². The van der Waals surface area contributed by atoms with Crippen LogP contribution < -0.4 is 10.6 Å². The molecule has 3 amide bonds. The summed E-state index contributed by atoms with van der Waals surface area (Å²) in [5, 5.41) is 5.56. The Labute approximate surface area is 179 Å². The van der Waals surface area contributed by atoms with Gasteiger partial charge in [-0.15, -0.1) is 0 Å². The van der Waals surface area contributed by atoms with Crippen LogP contribution in [0.3, 0.4) is 0 Å². The number of methoxy groups -OCH3 is 1. The van der Waals surface area contributed by atoms with Gasteiger partial charge in [0.1, 0.15) is 5.82 Å². The quantitative estimate of drug-likeness (QED) is 0.685. The van der Waals surface area contributed by atoms with Gasteiger partial charge in [-0.2, -0.15) is 0 Å². The number of esters is 1. The van der Waals surface area contributed by atoms with Gasteiger partial charge < -0.3 is 15.4 Å². The average Bonchev–Trinajstić information content (AvgIpc) is 2.76. The van der Waals surface area contributed by atoms with E-state index >= 15 is 0 Å². The molecule has 1 heterocycles. The molecule has 2 N–H and O–H groups in total. The third kappa shape index (κ3) is 4.74. The van der Waals surface area contributed by atoms with Crippen LogP contribution in [-0.4, -0.2) is 36.5 Å². The number of urea groups is 1. The van der Waals surface area contributed by atoms with Crippen molar-refractivity contribution >= 4 is 23.6 Å². The number of hydrogen-bond donors (Lipinski definition) is 2. The van der Waals surface area contributed by atoms with Crippen molar-refractivity contribution in [1.29, 1.82) is 0 Å². The molecule has 0 bridgehead atoms. The van der Waals surface area contributed by atoms with Crippen LogP contribution in [0.2, 0.25) is 0 Å². The molecule has 0 aliphatic carbocycles. The zero-order valence-electron chi connectivity index (χ0n) is 17.6. The van der Waals surface area contributed by atoms with E-state index in [-0.39, 0.29) is 11.6 Å². The molecule has 1 aliphatic heterocycles. The minimum absolute atomic E-state index is 0.178. The molecule has 0 radical (unpaired) electrons. The van der Waals surface area contributed by atoms with E-state index in [0.717, 1.165) is 12.5 Å². The Morgan fingerprint density at radius 1 is 1.19 bits per heavy atom. The van der Waals surface area contributed by atoms with Crippen molar-refractivity contribution in [3.05, 3.63) is 76.7 Å². The molecular weight excluding hydrogens is 401 g/mol. The van der Waals surface area contributed by atoms with E-state index in [0.29, 0.717) is 29.1 Å². The average molecular weight is 425 g/mol. The number of ether oxygens (including phenoxy) is 1. The molecule has 3 rings (SSSR count). The van der Waals surface area contributed by atoms with E-state index in [9.17, 15) is 18.8 Å². The zero-order chi connectivity index (χ0) is 22.5. The van der Waals surface area contributed by atoms with E-state index < -0.39 is 23.7 Å². The Bertz CT molecular complexity index is 1050. The van der Waals surface area contributed by atoms with Crippen molar-refractivity contribution in [3.8, 4) is 0 Å². The van der Waals surface area contributed by atoms with Crippen LogP contribution in [0.25, 0.3) is 0 Å². The van der Waals surface area contributed by atoms with Crippen LogP contribution >= 0.6 is 0 Å². The lowest BCUT2D eigenvalue weighted by molar-refractivity contribution is -0.136. The standard InChI is InChI=1S/C23H24FN3O4/c1-4-11-27-14(2)19(22(29)31-3)20(26-23(27)30)15-7-6-10-18(13-15)25-21(28)16-8-5-9-17(24)12-16/h5-10,12-13,20H,4,11H2,1-3H3,(H,25,28)(H,26,30). The Kier molecular flexibility index (Phi) is 6.69. The smallest absolute Gasteiger partial charge is 0.337 e. The molecule has 2 aromatic carbocycles. The maximum atomic E-state index is 13.4. The summed E-state index contributed by atoms with van der Waals surface area (Å²) >= 11 is 0. The second kappa shape index (κ2) is 9.42. The number of amides is 3. The number of allylic oxidation sites excluding steroid dienone is 1. The van der Waals surface area contributed by atoms with E-state index in [4.69, 9.17) is 4.74 Å². The molecule has 7 nitrogen and oxygen atoms in total. The van der Waals surface area contributed by atoms with Gasteiger partial charge in [-0.05, 0) is 49.2 Å². The molecule has 0 spiro atoms. The highest BCUT2D eigenvalue weighted by Crippen LogP contribution is 2.32. The molecule has 8 heteroatoms. The Morgan fingerprint density at radius 2 is 1.94 bits per heavy atom. The lowest BCUT2D eigenvalue weighted by Gasteiger charge is -2.35. The molecule has 1 atom stereocenters. The molecule has 0 fully saturated rings. The number of carbonyl (C=O) groups excluding carboxylic acids is 3. The maximum Gasteiger partial charge on any atom is 0.337 e. The first kappa shape index (κ1) is 22.0. The first-order valence-electron chi connectivity index (χ1n) is 9.89. The molecule has 31 heavy (non-hydrogen) atoms. The van der Waals surface area contributed by atoms with Gasteiger partial charge in [0.05, 0.1) is 18.7 Å². The van der Waals surface area contributed by atoms with Crippen molar-refractivity contribution in [2.45, 2.75) is 26.3 Å². The number of carbonyl (C=O) groups is 3. The van der Waals surface area contributed by atoms with Gasteiger partial charge in [0.2, 0.25) is 0 Å². The zero-order valence-corrected chi connectivity index (χ0v) is 17.6. The fourth-order valence-corrected chi connectivity index (χ4v) is 3.53. The summed E-state index contributed by atoms with van der Waals surface area (Å²) in [5.74, 6) is -1.53. The minimum Gasteiger partial charge on any atom is -0.466 e. The van der Waals surface area contributed by atoms with Gasteiger partial charge in [-0.25, -0.2) is 14.0 Å². The van der Waals surface area contributed by atoms with Crippen LogP contribution in [0.4, 0.5) is 14.9 Å². The predicted octanol–water partition coefficient (Wildman–Crippen LogP) is 4.00. The third-order valence-corrected chi connectivity index (χ3v) is 5.01. The van der Waals surface area contributed by atoms with Crippen LogP contribution in [-0.2, 0) is 9.53 Å². The molecule has 0 aromatic heterocycles. The van der Waals surface area contributed by atoms with Gasteiger partial charge in [-0.3, -0.25) is 9.69 Å². The molecule has 1 unspecified atom stereocenters. The number of nitrogens with zero attached hydrogens (tertiary/aromatic N) is 1. The summed E-state index contributed by atoms with van der Waals surface area (Å²) in [6, 6.07) is 11.1. The second-order valence-electron chi connectivity index (χ2n) is 7.11. The summed E-state index contributed by atoms with van der Waals surface area (Å²) in [4.78, 5) is 39.1. The molecule has 0 saturated carbocycles. The van der Waals surface area contributed by atoms with Gasteiger partial charge >= 0.3 is 12.0 Å². The van der Waals surface area contributed by atoms with Crippen LogP contribution in [0.5, 0.6) is 0 Å². The first-order valence-corrected chi connectivity index (χ1v) is 9.89. The summed E-state index contributed by atoms with van der Waals surface area (Å²) in [6.07, 6.45) is 0.728. The van der Waals surface area contributed by atoms with E-state index in [1.165, 1.54) is 30.2 Å². The molecule has 0 saturated heterocycles. The van der Waals surface area contributed by atoms with Gasteiger partial charge in [0.15, 0.2) is 0 Å². The largest absolute Gasteiger partial charge is 0.466 e. The van der Waals surface area contributed by atoms with Crippen molar-refractivity contribution in [2.24, 2.45) is 0 Å². The molecule has 2 aromatic rings. The highest BCUT2D eigenvalue weighted by atomic mass is 19.1.